The fraction of sp³-hybridized carbons (Fsp3) is 0.0588. The van der Waals surface area contributed by atoms with Crippen molar-refractivity contribution in [3.8, 4) is 11.5 Å². The fourth-order valence-corrected chi connectivity index (χ4v) is 2.74. The third-order valence-corrected chi connectivity index (χ3v) is 4.02. The van der Waals surface area contributed by atoms with E-state index in [4.69, 9.17) is 33.3 Å². The number of anilines is 1. The Morgan fingerprint density at radius 1 is 1.32 bits per heavy atom. The number of ether oxygens (including phenoxy) is 2. The molecule has 0 aromatic heterocycles. The summed E-state index contributed by atoms with van der Waals surface area (Å²) >= 11 is 10.8. The lowest BCUT2D eigenvalue weighted by atomic mass is 10.2. The first kappa shape index (κ1) is 17.2. The van der Waals surface area contributed by atoms with Gasteiger partial charge in [0.15, 0.2) is 17.3 Å². The first-order chi connectivity index (χ1) is 11.9. The average molecular weight is 380 g/mol. The molecular formula is C17H11ClFNO4S. The van der Waals surface area contributed by atoms with Gasteiger partial charge in [-0.15, -0.1) is 0 Å². The summed E-state index contributed by atoms with van der Waals surface area (Å²) in [5, 5.41) is 9.13. The van der Waals surface area contributed by atoms with Gasteiger partial charge in [-0.1, -0.05) is 11.6 Å². The summed E-state index contributed by atoms with van der Waals surface area (Å²) in [6.07, 6.45) is 1.30. The third kappa shape index (κ3) is 3.29. The molecule has 0 saturated carbocycles. The lowest BCUT2D eigenvalue weighted by molar-refractivity contribution is -0.114. The number of methoxy groups -OCH3 is 1. The van der Waals surface area contributed by atoms with Gasteiger partial charge in [-0.2, -0.15) is 0 Å². The van der Waals surface area contributed by atoms with Gasteiger partial charge in [-0.25, -0.2) is 9.29 Å². The van der Waals surface area contributed by atoms with Gasteiger partial charge in [0.1, 0.15) is 5.75 Å². The lowest BCUT2D eigenvalue weighted by Crippen LogP contribution is -2.27. The standard InChI is InChI=1S/C17H11ClFNO4S/c1-23-11-4-2-10(3-5-11)20-16(22)14(24-17(20)25)8-9-6-12(18)15(21)13(19)7-9/h2-8,21H,1H3/b14-8-. The van der Waals surface area contributed by atoms with Crippen molar-refractivity contribution >= 4 is 46.7 Å². The van der Waals surface area contributed by atoms with E-state index in [0.29, 0.717) is 11.4 Å². The minimum atomic E-state index is -0.903. The van der Waals surface area contributed by atoms with Crippen LogP contribution in [-0.2, 0) is 9.53 Å². The minimum absolute atomic E-state index is 0.0493. The van der Waals surface area contributed by atoms with Crippen molar-refractivity contribution in [3.63, 3.8) is 0 Å². The quantitative estimate of drug-likeness (QED) is 0.647. The van der Waals surface area contributed by atoms with Gasteiger partial charge in [-0.3, -0.25) is 4.79 Å². The van der Waals surface area contributed by atoms with E-state index < -0.39 is 17.5 Å². The molecule has 0 aliphatic carbocycles. The third-order valence-electron chi connectivity index (χ3n) is 3.46. The second kappa shape index (κ2) is 6.70. The van der Waals surface area contributed by atoms with E-state index in [0.717, 1.165) is 6.07 Å². The Balaban J connectivity index is 1.92. The number of thiocarbonyl (C=S) groups is 1. The number of hydrogen-bond donors (Lipinski definition) is 1. The number of rotatable bonds is 3. The highest BCUT2D eigenvalue weighted by Crippen LogP contribution is 2.31. The molecule has 0 unspecified atom stereocenters. The van der Waals surface area contributed by atoms with E-state index in [9.17, 15) is 14.3 Å². The highest BCUT2D eigenvalue weighted by Gasteiger charge is 2.34. The van der Waals surface area contributed by atoms with Crippen LogP contribution in [0.4, 0.5) is 10.1 Å². The van der Waals surface area contributed by atoms with Crippen LogP contribution in [0.5, 0.6) is 11.5 Å². The Labute approximate surface area is 152 Å². The molecular weight excluding hydrogens is 369 g/mol. The van der Waals surface area contributed by atoms with E-state index in [1.807, 2.05) is 0 Å². The van der Waals surface area contributed by atoms with Crippen molar-refractivity contribution in [2.24, 2.45) is 0 Å². The largest absolute Gasteiger partial charge is 0.504 e. The van der Waals surface area contributed by atoms with Gasteiger partial charge >= 0.3 is 5.91 Å². The molecule has 5 nitrogen and oxygen atoms in total. The summed E-state index contributed by atoms with van der Waals surface area (Å²) in [4.78, 5) is 13.8. The van der Waals surface area contributed by atoms with Crippen LogP contribution in [0.3, 0.4) is 0 Å². The van der Waals surface area contributed by atoms with Crippen LogP contribution in [0.2, 0.25) is 5.02 Å². The van der Waals surface area contributed by atoms with E-state index in [-0.39, 0.29) is 21.5 Å². The van der Waals surface area contributed by atoms with Crippen LogP contribution >= 0.6 is 23.8 Å². The first-order valence-corrected chi connectivity index (χ1v) is 7.79. The van der Waals surface area contributed by atoms with Crippen LogP contribution < -0.4 is 9.64 Å². The zero-order valence-corrected chi connectivity index (χ0v) is 14.4. The second-order valence-electron chi connectivity index (χ2n) is 5.05. The number of nitrogens with zero attached hydrogens (tertiary/aromatic N) is 1. The van der Waals surface area contributed by atoms with Crippen LogP contribution in [-0.4, -0.2) is 23.3 Å². The normalized spacial score (nSPS) is 15.6. The Morgan fingerprint density at radius 3 is 2.60 bits per heavy atom. The van der Waals surface area contributed by atoms with Crippen molar-refractivity contribution in [2.75, 3.05) is 12.0 Å². The summed E-state index contributed by atoms with van der Waals surface area (Å²) in [6.45, 7) is 0. The molecule has 0 bridgehead atoms. The number of amides is 1. The van der Waals surface area contributed by atoms with Crippen LogP contribution in [0, 0.1) is 5.82 Å². The van der Waals surface area contributed by atoms with Gasteiger partial charge in [0.25, 0.3) is 5.17 Å². The second-order valence-corrected chi connectivity index (χ2v) is 5.80. The van der Waals surface area contributed by atoms with Crippen LogP contribution in [0.25, 0.3) is 6.08 Å². The molecule has 1 aliphatic heterocycles. The average Bonchev–Trinajstić information content (AvgIpc) is 2.86. The molecule has 1 saturated heterocycles. The molecule has 1 aliphatic rings. The molecule has 1 heterocycles. The summed E-state index contributed by atoms with van der Waals surface area (Å²) < 4.78 is 24.0. The number of hydrogen-bond acceptors (Lipinski definition) is 5. The maximum atomic E-state index is 13.6. The predicted octanol–water partition coefficient (Wildman–Crippen LogP) is 3.88. The number of carbonyl (C=O) groups is 1. The van der Waals surface area contributed by atoms with Crippen molar-refractivity contribution < 1.29 is 23.8 Å². The number of phenolic OH excluding ortho intramolecular Hbond substituents is 1. The van der Waals surface area contributed by atoms with Crippen LogP contribution in [0.1, 0.15) is 5.56 Å². The van der Waals surface area contributed by atoms with E-state index >= 15 is 0 Å². The molecule has 25 heavy (non-hydrogen) atoms. The molecule has 0 spiro atoms. The Kier molecular flexibility index (Phi) is 4.61. The van der Waals surface area contributed by atoms with Crippen molar-refractivity contribution in [1.29, 1.82) is 0 Å². The molecule has 1 N–H and O–H groups in total. The summed E-state index contributed by atoms with van der Waals surface area (Å²) in [7, 11) is 1.53. The SMILES string of the molecule is COc1ccc(N2C(=O)/C(=C/c3cc(F)c(O)c(Cl)c3)OC2=S)cc1. The van der Waals surface area contributed by atoms with Crippen molar-refractivity contribution in [1.82, 2.24) is 0 Å². The summed E-state index contributed by atoms with van der Waals surface area (Å²) in [6, 6.07) is 9.02. The molecule has 1 fully saturated rings. The summed E-state index contributed by atoms with van der Waals surface area (Å²) in [5.41, 5.74) is 0.761. The lowest BCUT2D eigenvalue weighted by Gasteiger charge is -2.12. The number of benzene rings is 2. The molecule has 3 rings (SSSR count). The zero-order valence-electron chi connectivity index (χ0n) is 12.8. The van der Waals surface area contributed by atoms with Gasteiger partial charge in [-0.05, 0) is 60.3 Å². The van der Waals surface area contributed by atoms with E-state index in [1.165, 1.54) is 24.2 Å². The number of halogens is 2. The Morgan fingerprint density at radius 2 is 2.00 bits per heavy atom. The minimum Gasteiger partial charge on any atom is -0.504 e. The monoisotopic (exact) mass is 379 g/mol. The number of phenols is 1. The summed E-state index contributed by atoms with van der Waals surface area (Å²) in [5.74, 6) is -1.51. The van der Waals surface area contributed by atoms with Crippen LogP contribution in [0.15, 0.2) is 42.2 Å². The maximum absolute atomic E-state index is 13.6. The van der Waals surface area contributed by atoms with Gasteiger partial charge in [0.2, 0.25) is 0 Å². The molecule has 8 heteroatoms. The molecule has 0 atom stereocenters. The molecule has 0 radical (unpaired) electrons. The first-order valence-electron chi connectivity index (χ1n) is 7.00. The topological polar surface area (TPSA) is 59.0 Å². The van der Waals surface area contributed by atoms with Crippen molar-refractivity contribution in [3.05, 3.63) is 58.6 Å². The van der Waals surface area contributed by atoms with Gasteiger partial charge in [0.05, 0.1) is 17.8 Å². The number of aromatic hydroxyl groups is 1. The van der Waals surface area contributed by atoms with E-state index in [1.54, 1.807) is 24.3 Å². The van der Waals surface area contributed by atoms with E-state index in [2.05, 4.69) is 0 Å². The van der Waals surface area contributed by atoms with Gasteiger partial charge < -0.3 is 14.6 Å². The van der Waals surface area contributed by atoms with Crippen molar-refractivity contribution in [2.45, 2.75) is 0 Å². The number of carbonyl (C=O) groups excluding carboxylic acids is 1. The van der Waals surface area contributed by atoms with Gasteiger partial charge in [0, 0.05) is 0 Å². The molecule has 1 amide bonds. The highest BCUT2D eigenvalue weighted by atomic mass is 35.5. The molecule has 2 aromatic rings. The zero-order chi connectivity index (χ0) is 18.1. The Hall–Kier alpha value is -2.64. The smallest absolute Gasteiger partial charge is 0.301 e. The molecule has 2 aromatic carbocycles. The predicted molar refractivity (Wildman–Crippen MR) is 95.2 cm³/mol. The Bertz CT molecular complexity index is 875. The maximum Gasteiger partial charge on any atom is 0.301 e. The highest BCUT2D eigenvalue weighted by molar-refractivity contribution is 7.80. The fourth-order valence-electron chi connectivity index (χ4n) is 2.24. The molecule has 128 valence electrons.